The van der Waals surface area contributed by atoms with Crippen molar-refractivity contribution in [2.75, 3.05) is 17.6 Å². The Bertz CT molecular complexity index is 550. The molecule has 7 nitrogen and oxygen atoms in total. The van der Waals surface area contributed by atoms with Crippen LogP contribution >= 0.6 is 0 Å². The van der Waals surface area contributed by atoms with Gasteiger partial charge in [0.1, 0.15) is 17.5 Å². The van der Waals surface area contributed by atoms with E-state index in [-0.39, 0.29) is 0 Å². The molecule has 18 heavy (non-hydrogen) atoms. The molecule has 7 heteroatoms. The third kappa shape index (κ3) is 2.73. The monoisotopic (exact) mass is 248 g/mol. The van der Waals surface area contributed by atoms with Gasteiger partial charge in [-0.1, -0.05) is 5.16 Å². The molecule has 0 radical (unpaired) electrons. The fourth-order valence-corrected chi connectivity index (χ4v) is 1.56. The molecule has 2 rings (SSSR count). The van der Waals surface area contributed by atoms with Crippen molar-refractivity contribution in [3.8, 4) is 0 Å². The SMILES string of the molecule is Cc1nc(N)c(C)c(NCCc2noc(C)n2)n1. The van der Waals surface area contributed by atoms with Crippen molar-refractivity contribution in [1.82, 2.24) is 20.1 Å². The molecule has 0 spiro atoms. The van der Waals surface area contributed by atoms with Gasteiger partial charge in [-0.15, -0.1) is 0 Å². The van der Waals surface area contributed by atoms with Crippen molar-refractivity contribution >= 4 is 11.6 Å². The standard InChI is InChI=1S/C11H16N6O/c1-6-10(12)14-7(2)15-11(6)13-5-4-9-16-8(3)18-17-9/h4-5H2,1-3H3,(H3,12,13,14,15). The van der Waals surface area contributed by atoms with Crippen LogP contribution in [0.2, 0.25) is 0 Å². The number of hydrogen-bond acceptors (Lipinski definition) is 7. The van der Waals surface area contributed by atoms with Gasteiger partial charge in [-0.3, -0.25) is 0 Å². The summed E-state index contributed by atoms with van der Waals surface area (Å²) in [7, 11) is 0. The average molecular weight is 248 g/mol. The van der Waals surface area contributed by atoms with Crippen molar-refractivity contribution in [2.24, 2.45) is 0 Å². The Balaban J connectivity index is 1.98. The van der Waals surface area contributed by atoms with Crippen molar-refractivity contribution in [3.05, 3.63) is 23.1 Å². The molecular weight excluding hydrogens is 232 g/mol. The number of nitrogen functional groups attached to an aromatic ring is 1. The number of hydrogen-bond donors (Lipinski definition) is 2. The molecule has 0 saturated heterocycles. The van der Waals surface area contributed by atoms with Gasteiger partial charge in [-0.25, -0.2) is 9.97 Å². The first-order valence-corrected chi connectivity index (χ1v) is 5.70. The summed E-state index contributed by atoms with van der Waals surface area (Å²) in [5.74, 6) is 3.15. The number of aromatic nitrogens is 4. The summed E-state index contributed by atoms with van der Waals surface area (Å²) in [4.78, 5) is 12.5. The minimum Gasteiger partial charge on any atom is -0.383 e. The van der Waals surface area contributed by atoms with Crippen molar-refractivity contribution < 1.29 is 4.52 Å². The second kappa shape index (κ2) is 4.99. The van der Waals surface area contributed by atoms with Gasteiger partial charge in [-0.05, 0) is 13.8 Å². The molecule has 0 fully saturated rings. The zero-order chi connectivity index (χ0) is 13.1. The predicted molar refractivity (Wildman–Crippen MR) is 67.1 cm³/mol. The summed E-state index contributed by atoms with van der Waals surface area (Å²) in [5, 5.41) is 7.02. The van der Waals surface area contributed by atoms with Crippen LogP contribution < -0.4 is 11.1 Å². The Labute approximate surface area is 105 Å². The van der Waals surface area contributed by atoms with Crippen molar-refractivity contribution in [1.29, 1.82) is 0 Å². The normalized spacial score (nSPS) is 10.6. The van der Waals surface area contributed by atoms with E-state index in [1.807, 2.05) is 13.8 Å². The maximum absolute atomic E-state index is 5.78. The van der Waals surface area contributed by atoms with Gasteiger partial charge < -0.3 is 15.6 Å². The number of anilines is 2. The van der Waals surface area contributed by atoms with Crippen LogP contribution in [0.4, 0.5) is 11.6 Å². The number of nitrogens with two attached hydrogens (primary N) is 1. The molecule has 2 aromatic heterocycles. The fourth-order valence-electron chi connectivity index (χ4n) is 1.56. The number of nitrogens with one attached hydrogen (secondary N) is 1. The second-order valence-corrected chi connectivity index (χ2v) is 4.04. The highest BCUT2D eigenvalue weighted by atomic mass is 16.5. The molecule has 3 N–H and O–H groups in total. The van der Waals surface area contributed by atoms with Gasteiger partial charge >= 0.3 is 0 Å². The molecule has 0 aliphatic rings. The highest BCUT2D eigenvalue weighted by Gasteiger charge is 2.07. The van der Waals surface area contributed by atoms with Gasteiger partial charge in [0.25, 0.3) is 0 Å². The molecule has 0 amide bonds. The molecule has 0 bridgehead atoms. The summed E-state index contributed by atoms with van der Waals surface area (Å²) >= 11 is 0. The zero-order valence-electron chi connectivity index (χ0n) is 10.7. The Morgan fingerprint density at radius 3 is 2.61 bits per heavy atom. The van der Waals surface area contributed by atoms with E-state index in [9.17, 15) is 0 Å². The largest absolute Gasteiger partial charge is 0.383 e. The summed E-state index contributed by atoms with van der Waals surface area (Å²) in [5.41, 5.74) is 6.63. The molecule has 2 aromatic rings. The fraction of sp³-hybridized carbons (Fsp3) is 0.455. The molecule has 0 aliphatic carbocycles. The third-order valence-corrected chi connectivity index (χ3v) is 2.51. The van der Waals surface area contributed by atoms with E-state index in [0.29, 0.717) is 36.3 Å². The van der Waals surface area contributed by atoms with Crippen LogP contribution in [0.25, 0.3) is 0 Å². The molecular formula is C11H16N6O. The molecule has 2 heterocycles. The van der Waals surface area contributed by atoms with E-state index in [4.69, 9.17) is 10.3 Å². The second-order valence-electron chi connectivity index (χ2n) is 4.04. The Hall–Kier alpha value is -2.18. The van der Waals surface area contributed by atoms with Gasteiger partial charge in [0.05, 0.1) is 0 Å². The quantitative estimate of drug-likeness (QED) is 0.832. The summed E-state index contributed by atoms with van der Waals surface area (Å²) in [6.45, 7) is 6.12. The predicted octanol–water partition coefficient (Wildman–Crippen LogP) is 1.02. The zero-order valence-corrected chi connectivity index (χ0v) is 10.7. The van der Waals surface area contributed by atoms with Gasteiger partial charge in [0.2, 0.25) is 5.89 Å². The Morgan fingerprint density at radius 1 is 1.17 bits per heavy atom. The minimum atomic E-state index is 0.500. The first-order valence-electron chi connectivity index (χ1n) is 5.70. The van der Waals surface area contributed by atoms with E-state index in [1.165, 1.54) is 0 Å². The molecule has 0 saturated carbocycles. The highest BCUT2D eigenvalue weighted by Crippen LogP contribution is 2.16. The van der Waals surface area contributed by atoms with Crippen LogP contribution in [-0.4, -0.2) is 26.7 Å². The number of nitrogens with zero attached hydrogens (tertiary/aromatic N) is 4. The summed E-state index contributed by atoms with van der Waals surface area (Å²) < 4.78 is 4.89. The first-order chi connectivity index (χ1) is 8.56. The van der Waals surface area contributed by atoms with E-state index >= 15 is 0 Å². The van der Waals surface area contributed by atoms with Gasteiger partial charge in [0.15, 0.2) is 5.82 Å². The molecule has 0 atom stereocenters. The maximum Gasteiger partial charge on any atom is 0.223 e. The van der Waals surface area contributed by atoms with Crippen LogP contribution in [0.5, 0.6) is 0 Å². The molecule has 0 aliphatic heterocycles. The lowest BCUT2D eigenvalue weighted by Crippen LogP contribution is -2.11. The van der Waals surface area contributed by atoms with Crippen LogP contribution in [0.1, 0.15) is 23.1 Å². The van der Waals surface area contributed by atoms with Crippen molar-refractivity contribution in [3.63, 3.8) is 0 Å². The first kappa shape index (κ1) is 12.3. The number of rotatable bonds is 4. The minimum absolute atomic E-state index is 0.500. The van der Waals surface area contributed by atoms with E-state index in [1.54, 1.807) is 6.92 Å². The van der Waals surface area contributed by atoms with E-state index in [0.717, 1.165) is 11.4 Å². The van der Waals surface area contributed by atoms with Gasteiger partial charge in [0, 0.05) is 25.5 Å². The van der Waals surface area contributed by atoms with Crippen LogP contribution in [0, 0.1) is 20.8 Å². The smallest absolute Gasteiger partial charge is 0.223 e. The average Bonchev–Trinajstić information content (AvgIpc) is 2.71. The lowest BCUT2D eigenvalue weighted by molar-refractivity contribution is 0.387. The molecule has 96 valence electrons. The van der Waals surface area contributed by atoms with E-state index < -0.39 is 0 Å². The summed E-state index contributed by atoms with van der Waals surface area (Å²) in [6, 6.07) is 0. The highest BCUT2D eigenvalue weighted by molar-refractivity contribution is 5.54. The lowest BCUT2D eigenvalue weighted by atomic mass is 10.3. The van der Waals surface area contributed by atoms with Crippen molar-refractivity contribution in [2.45, 2.75) is 27.2 Å². The van der Waals surface area contributed by atoms with Crippen LogP contribution in [0.3, 0.4) is 0 Å². The topological polar surface area (TPSA) is 103 Å². The maximum atomic E-state index is 5.78. The lowest BCUT2D eigenvalue weighted by Gasteiger charge is -2.09. The Morgan fingerprint density at radius 2 is 1.94 bits per heavy atom. The third-order valence-electron chi connectivity index (χ3n) is 2.51. The summed E-state index contributed by atoms with van der Waals surface area (Å²) in [6.07, 6.45) is 0.666. The number of aryl methyl sites for hydroxylation is 2. The van der Waals surface area contributed by atoms with Gasteiger partial charge in [-0.2, -0.15) is 4.98 Å². The van der Waals surface area contributed by atoms with Crippen LogP contribution in [-0.2, 0) is 6.42 Å². The molecule has 0 unspecified atom stereocenters. The van der Waals surface area contributed by atoms with E-state index in [2.05, 4.69) is 25.4 Å². The Kier molecular flexibility index (Phi) is 3.40. The van der Waals surface area contributed by atoms with Crippen LogP contribution in [0.15, 0.2) is 4.52 Å². The molecule has 0 aromatic carbocycles.